The molecule has 3 nitrogen and oxygen atoms in total. The Labute approximate surface area is 104 Å². The monoisotopic (exact) mass is 236 g/mol. The van der Waals surface area contributed by atoms with Gasteiger partial charge in [-0.15, -0.1) is 0 Å². The molecule has 1 saturated carbocycles. The van der Waals surface area contributed by atoms with Crippen LogP contribution in [0.3, 0.4) is 0 Å². The minimum Gasteiger partial charge on any atom is -0.468 e. The highest BCUT2D eigenvalue weighted by molar-refractivity contribution is 5.16. The number of furan rings is 1. The van der Waals surface area contributed by atoms with E-state index in [0.29, 0.717) is 0 Å². The Balaban J connectivity index is 1.82. The zero-order valence-corrected chi connectivity index (χ0v) is 11.2. The smallest absolute Gasteiger partial charge is 0.122 e. The lowest BCUT2D eigenvalue weighted by atomic mass is 10.2. The first-order chi connectivity index (χ1) is 8.20. The van der Waals surface area contributed by atoms with Crippen LogP contribution in [0.25, 0.3) is 0 Å². The molecule has 0 bridgehead atoms. The second-order valence-corrected chi connectivity index (χ2v) is 5.32. The van der Waals surface area contributed by atoms with Crippen molar-refractivity contribution < 1.29 is 4.42 Å². The minimum atomic E-state index is 0.909. The Morgan fingerprint density at radius 1 is 1.53 bits per heavy atom. The lowest BCUT2D eigenvalue weighted by Gasteiger charge is -2.15. The molecule has 1 aliphatic carbocycles. The van der Waals surface area contributed by atoms with Crippen molar-refractivity contribution in [2.75, 3.05) is 20.1 Å². The van der Waals surface area contributed by atoms with Crippen molar-refractivity contribution in [2.45, 2.75) is 33.4 Å². The van der Waals surface area contributed by atoms with Gasteiger partial charge in [-0.25, -0.2) is 0 Å². The molecule has 3 heteroatoms. The fraction of sp³-hybridized carbons (Fsp3) is 0.714. The van der Waals surface area contributed by atoms with Crippen LogP contribution >= 0.6 is 0 Å². The summed E-state index contributed by atoms with van der Waals surface area (Å²) in [6.45, 7) is 8.50. The number of hydrogen-bond donors (Lipinski definition) is 1. The van der Waals surface area contributed by atoms with E-state index in [1.165, 1.54) is 18.5 Å². The Hall–Kier alpha value is -0.800. The maximum absolute atomic E-state index is 5.58. The average Bonchev–Trinajstić information content (AvgIpc) is 2.80. The van der Waals surface area contributed by atoms with Crippen molar-refractivity contribution in [3.63, 3.8) is 0 Å². The summed E-state index contributed by atoms with van der Waals surface area (Å²) >= 11 is 0. The first-order valence-corrected chi connectivity index (χ1v) is 6.65. The van der Waals surface area contributed by atoms with E-state index in [9.17, 15) is 0 Å². The first kappa shape index (κ1) is 12.7. The van der Waals surface area contributed by atoms with Crippen molar-refractivity contribution in [2.24, 2.45) is 11.8 Å². The van der Waals surface area contributed by atoms with Crippen LogP contribution in [-0.4, -0.2) is 25.0 Å². The molecule has 0 radical (unpaired) electrons. The molecule has 1 heterocycles. The third-order valence-electron chi connectivity index (χ3n) is 3.64. The largest absolute Gasteiger partial charge is 0.468 e. The zero-order chi connectivity index (χ0) is 12.3. The molecular weight excluding hydrogens is 212 g/mol. The van der Waals surface area contributed by atoms with Crippen molar-refractivity contribution in [3.8, 4) is 0 Å². The highest BCUT2D eigenvalue weighted by atomic mass is 16.3. The van der Waals surface area contributed by atoms with Crippen LogP contribution in [-0.2, 0) is 13.1 Å². The first-order valence-electron chi connectivity index (χ1n) is 6.65. The Morgan fingerprint density at radius 3 is 2.94 bits per heavy atom. The molecule has 17 heavy (non-hydrogen) atoms. The lowest BCUT2D eigenvalue weighted by Crippen LogP contribution is -2.22. The van der Waals surface area contributed by atoms with Gasteiger partial charge in [0.1, 0.15) is 5.76 Å². The topological polar surface area (TPSA) is 28.4 Å². The van der Waals surface area contributed by atoms with E-state index in [0.717, 1.165) is 37.2 Å². The van der Waals surface area contributed by atoms with E-state index in [2.05, 4.69) is 37.2 Å². The number of nitrogens with one attached hydrogen (secondary N) is 1. The van der Waals surface area contributed by atoms with Gasteiger partial charge >= 0.3 is 0 Å². The van der Waals surface area contributed by atoms with Gasteiger partial charge in [-0.2, -0.15) is 0 Å². The van der Waals surface area contributed by atoms with Gasteiger partial charge in [0, 0.05) is 18.7 Å². The van der Waals surface area contributed by atoms with E-state index in [4.69, 9.17) is 4.42 Å². The molecule has 1 fully saturated rings. The molecule has 2 unspecified atom stereocenters. The molecule has 96 valence electrons. The average molecular weight is 236 g/mol. The van der Waals surface area contributed by atoms with Crippen LogP contribution in [0.5, 0.6) is 0 Å². The van der Waals surface area contributed by atoms with Crippen LogP contribution < -0.4 is 5.32 Å². The molecule has 0 saturated heterocycles. The Kier molecular flexibility index (Phi) is 4.24. The van der Waals surface area contributed by atoms with Crippen molar-refractivity contribution in [1.29, 1.82) is 0 Å². The van der Waals surface area contributed by atoms with Gasteiger partial charge in [-0.3, -0.25) is 4.90 Å². The van der Waals surface area contributed by atoms with Crippen LogP contribution in [0.15, 0.2) is 16.7 Å². The van der Waals surface area contributed by atoms with Crippen LogP contribution in [0, 0.1) is 11.8 Å². The fourth-order valence-electron chi connectivity index (χ4n) is 2.29. The summed E-state index contributed by atoms with van der Waals surface area (Å²) in [5, 5.41) is 3.35. The summed E-state index contributed by atoms with van der Waals surface area (Å²) in [4.78, 5) is 2.38. The lowest BCUT2D eigenvalue weighted by molar-refractivity contribution is 0.278. The fourth-order valence-corrected chi connectivity index (χ4v) is 2.29. The highest BCUT2D eigenvalue weighted by Gasteiger charge is 2.33. The molecule has 2 atom stereocenters. The molecule has 2 rings (SSSR count). The predicted octanol–water partition coefficient (Wildman–Crippen LogP) is 2.48. The van der Waals surface area contributed by atoms with Gasteiger partial charge in [0.2, 0.25) is 0 Å². The second kappa shape index (κ2) is 5.69. The molecule has 0 aromatic carbocycles. The quantitative estimate of drug-likeness (QED) is 0.788. The van der Waals surface area contributed by atoms with E-state index < -0.39 is 0 Å². The van der Waals surface area contributed by atoms with Crippen molar-refractivity contribution in [3.05, 3.63) is 23.7 Å². The molecule has 0 amide bonds. The minimum absolute atomic E-state index is 0.909. The van der Waals surface area contributed by atoms with E-state index >= 15 is 0 Å². The Bertz CT molecular complexity index is 348. The van der Waals surface area contributed by atoms with E-state index in [1.807, 2.05) is 0 Å². The number of hydrogen-bond acceptors (Lipinski definition) is 3. The summed E-state index contributed by atoms with van der Waals surface area (Å²) in [6.07, 6.45) is 3.20. The van der Waals surface area contributed by atoms with E-state index in [-0.39, 0.29) is 0 Å². The van der Waals surface area contributed by atoms with Crippen LogP contribution in [0.2, 0.25) is 0 Å². The molecule has 1 N–H and O–H groups in total. The summed E-state index contributed by atoms with van der Waals surface area (Å²) in [5.74, 6) is 2.95. The Morgan fingerprint density at radius 2 is 2.29 bits per heavy atom. The molecule has 1 aromatic heterocycles. The van der Waals surface area contributed by atoms with Gasteiger partial charge in [-0.05, 0) is 37.9 Å². The van der Waals surface area contributed by atoms with Crippen LogP contribution in [0.4, 0.5) is 0 Å². The predicted molar refractivity (Wildman–Crippen MR) is 69.7 cm³/mol. The normalized spacial score (nSPS) is 23.3. The zero-order valence-electron chi connectivity index (χ0n) is 11.2. The van der Waals surface area contributed by atoms with Crippen molar-refractivity contribution in [1.82, 2.24) is 10.2 Å². The second-order valence-electron chi connectivity index (χ2n) is 5.32. The van der Waals surface area contributed by atoms with E-state index in [1.54, 1.807) is 6.26 Å². The maximum Gasteiger partial charge on any atom is 0.122 e. The summed E-state index contributed by atoms with van der Waals surface area (Å²) in [6, 6.07) is 2.07. The van der Waals surface area contributed by atoms with Gasteiger partial charge in [0.15, 0.2) is 0 Å². The molecule has 1 aromatic rings. The highest BCUT2D eigenvalue weighted by Crippen LogP contribution is 2.38. The molecular formula is C14H24N2O. The third kappa shape index (κ3) is 3.58. The molecule has 1 aliphatic rings. The summed E-state index contributed by atoms with van der Waals surface area (Å²) < 4.78 is 5.58. The number of rotatable bonds is 7. The third-order valence-corrected chi connectivity index (χ3v) is 3.64. The summed E-state index contributed by atoms with van der Waals surface area (Å²) in [7, 11) is 2.19. The van der Waals surface area contributed by atoms with Crippen molar-refractivity contribution >= 4 is 0 Å². The molecule has 0 aliphatic heterocycles. The van der Waals surface area contributed by atoms with Crippen LogP contribution in [0.1, 0.15) is 31.6 Å². The van der Waals surface area contributed by atoms with Gasteiger partial charge in [-0.1, -0.05) is 13.8 Å². The number of nitrogens with zero attached hydrogens (tertiary/aromatic N) is 1. The van der Waals surface area contributed by atoms with Gasteiger partial charge in [0.25, 0.3) is 0 Å². The SMILES string of the molecule is CCNCc1ccoc1CN(C)CC1CC1C. The summed E-state index contributed by atoms with van der Waals surface area (Å²) in [5.41, 5.74) is 1.29. The van der Waals surface area contributed by atoms with Gasteiger partial charge in [0.05, 0.1) is 12.8 Å². The maximum atomic E-state index is 5.58. The molecule has 0 spiro atoms. The van der Waals surface area contributed by atoms with Gasteiger partial charge < -0.3 is 9.73 Å². The standard InChI is InChI=1S/C14H24N2O/c1-4-15-8-12-5-6-17-14(12)10-16(3)9-13-7-11(13)2/h5-6,11,13,15H,4,7-10H2,1-3H3.